The first kappa shape index (κ1) is 21.5. The van der Waals surface area contributed by atoms with Crippen LogP contribution in [0.1, 0.15) is 22.5 Å². The van der Waals surface area contributed by atoms with Crippen LogP contribution in [-0.4, -0.2) is 24.1 Å². The second kappa shape index (κ2) is 8.32. The zero-order valence-electron chi connectivity index (χ0n) is 19.4. The van der Waals surface area contributed by atoms with Crippen LogP contribution in [0.25, 0.3) is 33.2 Å². The third kappa shape index (κ3) is 3.67. The predicted molar refractivity (Wildman–Crippen MR) is 140 cm³/mol. The molecule has 0 fully saturated rings. The summed E-state index contributed by atoms with van der Waals surface area (Å²) in [5, 5.41) is 1.13. The predicted octanol–water partition coefficient (Wildman–Crippen LogP) is 5.66. The lowest BCUT2D eigenvalue weighted by Gasteiger charge is -2.12. The van der Waals surface area contributed by atoms with Gasteiger partial charge in [0, 0.05) is 5.02 Å². The Bertz CT molecular complexity index is 1800. The Hall–Kier alpha value is -4.03. The highest BCUT2D eigenvalue weighted by Gasteiger charge is 2.22. The monoisotopic (exact) mass is 479 g/mol. The van der Waals surface area contributed by atoms with Crippen LogP contribution in [0.15, 0.2) is 77.6 Å². The van der Waals surface area contributed by atoms with E-state index >= 15 is 0 Å². The van der Waals surface area contributed by atoms with E-state index in [1.165, 1.54) is 5.56 Å². The van der Waals surface area contributed by atoms with Crippen molar-refractivity contribution in [3.8, 4) is 0 Å². The van der Waals surface area contributed by atoms with Crippen LogP contribution in [0.4, 0.5) is 0 Å². The van der Waals surface area contributed by atoms with E-state index in [0.29, 0.717) is 46.1 Å². The Morgan fingerprint density at radius 1 is 0.743 bits per heavy atom. The molecule has 3 aromatic carbocycles. The fourth-order valence-electron chi connectivity index (χ4n) is 4.51. The molecule has 6 nitrogen and oxygen atoms in total. The topological polar surface area (TPSA) is 65.6 Å². The molecule has 35 heavy (non-hydrogen) atoms. The van der Waals surface area contributed by atoms with Crippen LogP contribution in [0.3, 0.4) is 0 Å². The minimum Gasteiger partial charge on any atom is -0.304 e. The Morgan fingerprint density at radius 2 is 1.43 bits per heavy atom. The maximum absolute atomic E-state index is 13.9. The van der Waals surface area contributed by atoms with Crippen LogP contribution >= 0.6 is 11.6 Å². The Labute approximate surface area is 206 Å². The Balaban J connectivity index is 1.65. The quantitative estimate of drug-likeness (QED) is 0.327. The van der Waals surface area contributed by atoms with Gasteiger partial charge in [0.1, 0.15) is 16.7 Å². The summed E-state index contributed by atoms with van der Waals surface area (Å²) in [5.74, 6) is 0.635. The zero-order chi connectivity index (χ0) is 24.1. The molecule has 0 bridgehead atoms. The van der Waals surface area contributed by atoms with Crippen LogP contribution in [0, 0.1) is 13.8 Å². The van der Waals surface area contributed by atoms with Gasteiger partial charge in [0.15, 0.2) is 11.3 Å². The summed E-state index contributed by atoms with van der Waals surface area (Å²) in [6.07, 6.45) is 0. The van der Waals surface area contributed by atoms with Gasteiger partial charge in [-0.15, -0.1) is 0 Å². The summed E-state index contributed by atoms with van der Waals surface area (Å²) < 4.78 is 3.67. The smallest absolute Gasteiger partial charge is 0.265 e. The van der Waals surface area contributed by atoms with Crippen molar-refractivity contribution >= 4 is 44.8 Å². The maximum Gasteiger partial charge on any atom is 0.265 e. The molecule has 0 N–H and O–H groups in total. The lowest BCUT2D eigenvalue weighted by atomic mass is 10.1. The van der Waals surface area contributed by atoms with Gasteiger partial charge in [-0.05, 0) is 43.2 Å². The molecule has 0 saturated carbocycles. The number of aryl methyl sites for hydroxylation is 2. The molecule has 0 aliphatic rings. The van der Waals surface area contributed by atoms with E-state index in [1.54, 1.807) is 4.57 Å². The molecule has 0 radical (unpaired) electrons. The second-order valence-electron chi connectivity index (χ2n) is 8.80. The number of nitrogens with zero attached hydrogens (tertiary/aromatic N) is 5. The second-order valence-corrected chi connectivity index (χ2v) is 9.20. The van der Waals surface area contributed by atoms with Crippen molar-refractivity contribution in [1.82, 2.24) is 24.1 Å². The third-order valence-corrected chi connectivity index (χ3v) is 6.76. The number of halogens is 1. The van der Waals surface area contributed by atoms with Gasteiger partial charge >= 0.3 is 0 Å². The lowest BCUT2D eigenvalue weighted by Crippen LogP contribution is -2.24. The van der Waals surface area contributed by atoms with Gasteiger partial charge in [-0.3, -0.25) is 9.36 Å². The van der Waals surface area contributed by atoms with E-state index in [2.05, 4.69) is 12.1 Å². The fraction of sp³-hybridized carbons (Fsp3) is 0.143. The highest BCUT2D eigenvalue weighted by atomic mass is 35.5. The van der Waals surface area contributed by atoms with Crippen molar-refractivity contribution in [3.63, 3.8) is 0 Å². The van der Waals surface area contributed by atoms with Gasteiger partial charge in [0.2, 0.25) is 0 Å². The Kier molecular flexibility index (Phi) is 5.11. The first-order valence-electron chi connectivity index (χ1n) is 11.4. The van der Waals surface area contributed by atoms with Gasteiger partial charge in [-0.25, -0.2) is 15.0 Å². The number of para-hydroxylation sites is 2. The molecule has 0 amide bonds. The number of hydrogen-bond acceptors (Lipinski definition) is 4. The standard InChI is InChI=1S/C28H22ClN5O/c1-17-11-13-19(14-12-17)15-33-18(2)30-26-24(28(33)35)25-27(32-23-10-6-5-9-22(23)31-25)34(26)16-20-7-3-4-8-21(20)29/h3-14H,15-16H2,1-2H3. The SMILES string of the molecule is Cc1ccc(Cn2c(C)nc3c(c2=O)c2nc4ccccc4nc2n3Cc2ccccc2Cl)cc1. The van der Waals surface area contributed by atoms with Crippen molar-refractivity contribution in [2.75, 3.05) is 0 Å². The number of aromatic nitrogens is 5. The van der Waals surface area contributed by atoms with Crippen molar-refractivity contribution < 1.29 is 0 Å². The minimum atomic E-state index is -0.124. The summed E-state index contributed by atoms with van der Waals surface area (Å²) in [4.78, 5) is 28.6. The highest BCUT2D eigenvalue weighted by molar-refractivity contribution is 6.31. The first-order valence-corrected chi connectivity index (χ1v) is 11.8. The number of fused-ring (bicyclic) bond motifs is 4. The van der Waals surface area contributed by atoms with E-state index in [9.17, 15) is 4.79 Å². The molecule has 172 valence electrons. The van der Waals surface area contributed by atoms with Crippen LogP contribution in [0.2, 0.25) is 5.02 Å². The minimum absolute atomic E-state index is 0.124. The van der Waals surface area contributed by atoms with E-state index in [4.69, 9.17) is 26.6 Å². The van der Waals surface area contributed by atoms with Gasteiger partial charge < -0.3 is 4.57 Å². The average molecular weight is 480 g/mol. The summed E-state index contributed by atoms with van der Waals surface area (Å²) >= 11 is 6.49. The fourth-order valence-corrected chi connectivity index (χ4v) is 4.70. The van der Waals surface area contributed by atoms with E-state index < -0.39 is 0 Å². The summed E-state index contributed by atoms with van der Waals surface area (Å²) in [6, 6.07) is 23.5. The third-order valence-electron chi connectivity index (χ3n) is 6.39. The summed E-state index contributed by atoms with van der Waals surface area (Å²) in [7, 11) is 0. The molecule has 0 saturated heterocycles. The number of benzene rings is 3. The average Bonchev–Trinajstić information content (AvgIpc) is 3.15. The Morgan fingerprint density at radius 3 is 2.17 bits per heavy atom. The van der Waals surface area contributed by atoms with Crippen LogP contribution < -0.4 is 5.56 Å². The maximum atomic E-state index is 13.9. The molecule has 3 aromatic heterocycles. The lowest BCUT2D eigenvalue weighted by molar-refractivity contribution is 0.707. The van der Waals surface area contributed by atoms with E-state index in [1.807, 2.05) is 79.1 Å². The highest BCUT2D eigenvalue weighted by Crippen LogP contribution is 2.28. The molecule has 7 heteroatoms. The van der Waals surface area contributed by atoms with Gasteiger partial charge in [-0.2, -0.15) is 0 Å². The van der Waals surface area contributed by atoms with Gasteiger partial charge in [-0.1, -0.05) is 71.8 Å². The van der Waals surface area contributed by atoms with Crippen molar-refractivity contribution in [2.45, 2.75) is 26.9 Å². The van der Waals surface area contributed by atoms with Gasteiger partial charge in [0.05, 0.1) is 24.1 Å². The molecule has 0 spiro atoms. The number of hydrogen-bond donors (Lipinski definition) is 0. The molecule has 0 aliphatic heterocycles. The first-order chi connectivity index (χ1) is 17.0. The van der Waals surface area contributed by atoms with Crippen molar-refractivity contribution in [2.24, 2.45) is 0 Å². The molecule has 3 heterocycles. The van der Waals surface area contributed by atoms with Crippen molar-refractivity contribution in [3.05, 3.63) is 111 Å². The van der Waals surface area contributed by atoms with E-state index in [-0.39, 0.29) is 5.56 Å². The van der Waals surface area contributed by atoms with E-state index in [0.717, 1.165) is 22.2 Å². The normalized spacial score (nSPS) is 11.6. The zero-order valence-corrected chi connectivity index (χ0v) is 20.1. The van der Waals surface area contributed by atoms with Crippen LogP contribution in [0.5, 0.6) is 0 Å². The number of rotatable bonds is 4. The molecule has 0 aliphatic carbocycles. The molecular weight excluding hydrogens is 458 g/mol. The summed E-state index contributed by atoms with van der Waals surface area (Å²) in [6.45, 7) is 4.78. The summed E-state index contributed by atoms with van der Waals surface area (Å²) in [5.41, 5.74) is 6.26. The van der Waals surface area contributed by atoms with Crippen LogP contribution in [-0.2, 0) is 13.1 Å². The molecule has 6 rings (SSSR count). The largest absolute Gasteiger partial charge is 0.304 e. The molecule has 0 atom stereocenters. The molecule has 0 unspecified atom stereocenters. The molecular formula is C28H22ClN5O. The van der Waals surface area contributed by atoms with Gasteiger partial charge in [0.25, 0.3) is 5.56 Å². The molecule has 6 aromatic rings. The van der Waals surface area contributed by atoms with Crippen molar-refractivity contribution in [1.29, 1.82) is 0 Å².